The highest BCUT2D eigenvalue weighted by Gasteiger charge is 2.34. The van der Waals surface area contributed by atoms with Crippen molar-refractivity contribution in [1.29, 1.82) is 0 Å². The predicted molar refractivity (Wildman–Crippen MR) is 134 cm³/mol. The second-order valence-corrected chi connectivity index (χ2v) is 9.20. The summed E-state index contributed by atoms with van der Waals surface area (Å²) in [5.74, 6) is 4.56. The van der Waals surface area contributed by atoms with E-state index in [-0.39, 0.29) is 13.6 Å². The summed E-state index contributed by atoms with van der Waals surface area (Å²) in [5, 5.41) is 5.55. The quantitative estimate of drug-likeness (QED) is 0.264. The van der Waals surface area contributed by atoms with E-state index in [2.05, 4.69) is 41.0 Å². The van der Waals surface area contributed by atoms with E-state index in [1.54, 1.807) is 14.2 Å². The molecule has 0 saturated heterocycles. The van der Waals surface area contributed by atoms with E-state index in [0.717, 1.165) is 68.8 Å². The van der Waals surface area contributed by atoms with Crippen molar-refractivity contribution >= 4 is 32.4 Å². The fraction of sp³-hybridized carbons (Fsp3) is 0.207. The number of rotatable bonds is 3. The minimum absolute atomic E-state index is 0.232. The van der Waals surface area contributed by atoms with Crippen molar-refractivity contribution in [2.45, 2.75) is 13.0 Å². The molecule has 0 N–H and O–H groups in total. The van der Waals surface area contributed by atoms with Crippen molar-refractivity contribution in [3.8, 4) is 45.8 Å². The van der Waals surface area contributed by atoms with E-state index in [1.165, 1.54) is 16.5 Å². The number of methoxy groups -OCH3 is 2. The van der Waals surface area contributed by atoms with Gasteiger partial charge in [-0.25, -0.2) is 0 Å². The molecule has 0 radical (unpaired) electrons. The first-order chi connectivity index (χ1) is 17.8. The third-order valence-electron chi connectivity index (χ3n) is 7.55. The average Bonchev–Trinajstić information content (AvgIpc) is 3.59. The topological polar surface area (TPSA) is 59.3 Å². The first-order valence-corrected chi connectivity index (χ1v) is 11.9. The summed E-state index contributed by atoms with van der Waals surface area (Å²) in [7, 11) is 3.37. The van der Waals surface area contributed by atoms with E-state index < -0.39 is 0 Å². The summed E-state index contributed by atoms with van der Waals surface area (Å²) in [4.78, 5) is 0. The SMILES string of the molecule is COc1ccc2c(c1OC)c(-c1ccc3c(c1)OCO3)[n+]1c3c2ccc2c4c(cc(c23)CC1)OCO4. The van der Waals surface area contributed by atoms with Gasteiger partial charge in [0, 0.05) is 17.2 Å². The number of hydrogen-bond acceptors (Lipinski definition) is 6. The van der Waals surface area contributed by atoms with Crippen molar-refractivity contribution in [2.24, 2.45) is 0 Å². The zero-order valence-electron chi connectivity index (χ0n) is 19.8. The van der Waals surface area contributed by atoms with E-state index in [9.17, 15) is 0 Å². The lowest BCUT2D eigenvalue weighted by Gasteiger charge is -2.21. The molecule has 4 heterocycles. The lowest BCUT2D eigenvalue weighted by molar-refractivity contribution is -0.659. The molecule has 0 amide bonds. The minimum Gasteiger partial charge on any atom is -0.493 e. The summed E-state index contributed by atoms with van der Waals surface area (Å²) in [5.41, 5.74) is 4.54. The standard InChI is InChI=1S/C29H22NO6/c1-31-21-8-6-17-18-4-5-19-24-15(11-23-28(19)36-14-35-23)9-10-30(27(18)24)26(25(17)29(21)32-2)16-3-7-20-22(12-16)34-13-33-20/h3-8,11-12H,9-10,13-14H2,1-2H3/q+1. The molecule has 7 nitrogen and oxygen atoms in total. The second kappa shape index (κ2) is 7.07. The molecule has 0 unspecified atom stereocenters. The number of benzene rings is 4. The van der Waals surface area contributed by atoms with Crippen molar-refractivity contribution in [3.63, 3.8) is 0 Å². The maximum atomic E-state index is 5.99. The molecule has 0 atom stereocenters. The molecule has 0 bridgehead atoms. The molecule has 8 rings (SSSR count). The molecule has 0 fully saturated rings. The van der Waals surface area contributed by atoms with Crippen LogP contribution < -0.4 is 33.0 Å². The van der Waals surface area contributed by atoms with Gasteiger partial charge in [-0.2, -0.15) is 4.57 Å². The number of fused-ring (bicyclic) bond motifs is 5. The molecule has 7 heteroatoms. The summed E-state index contributed by atoms with van der Waals surface area (Å²) in [6.07, 6.45) is 0.874. The average molecular weight is 480 g/mol. The van der Waals surface area contributed by atoms with Gasteiger partial charge in [0.2, 0.25) is 24.8 Å². The maximum absolute atomic E-state index is 5.99. The molecule has 0 spiro atoms. The Hall–Kier alpha value is -4.39. The van der Waals surface area contributed by atoms with Gasteiger partial charge >= 0.3 is 0 Å². The predicted octanol–water partition coefficient (Wildman–Crippen LogP) is 5.13. The Bertz CT molecular complexity index is 1780. The third kappa shape index (κ3) is 2.44. The summed E-state index contributed by atoms with van der Waals surface area (Å²) < 4.78 is 37.1. The molecule has 1 aromatic heterocycles. The Balaban J connectivity index is 1.60. The fourth-order valence-electron chi connectivity index (χ4n) is 6.07. The number of pyridine rings is 1. The molecule has 5 aromatic rings. The molecule has 4 aromatic carbocycles. The van der Waals surface area contributed by atoms with Crippen LogP contribution in [0.4, 0.5) is 0 Å². The number of aromatic nitrogens is 1. The van der Waals surface area contributed by atoms with Gasteiger partial charge in [0.15, 0.2) is 41.0 Å². The van der Waals surface area contributed by atoms with Gasteiger partial charge in [0.05, 0.1) is 30.6 Å². The largest absolute Gasteiger partial charge is 0.493 e. The summed E-state index contributed by atoms with van der Waals surface area (Å²) >= 11 is 0. The number of nitrogens with zero attached hydrogens (tertiary/aromatic N) is 1. The van der Waals surface area contributed by atoms with Gasteiger partial charge in [-0.3, -0.25) is 0 Å². The van der Waals surface area contributed by atoms with Crippen LogP contribution in [0, 0.1) is 0 Å². The van der Waals surface area contributed by atoms with Crippen LogP contribution in [0.25, 0.3) is 43.7 Å². The second-order valence-electron chi connectivity index (χ2n) is 9.20. The molecular formula is C29H22NO6+. The van der Waals surface area contributed by atoms with E-state index >= 15 is 0 Å². The smallest absolute Gasteiger partial charge is 0.231 e. The van der Waals surface area contributed by atoms with Crippen LogP contribution in [0.5, 0.6) is 34.5 Å². The van der Waals surface area contributed by atoms with Gasteiger partial charge < -0.3 is 28.4 Å². The van der Waals surface area contributed by atoms with Crippen LogP contribution in [0.1, 0.15) is 5.56 Å². The molecule has 178 valence electrons. The van der Waals surface area contributed by atoms with E-state index in [4.69, 9.17) is 28.4 Å². The first-order valence-electron chi connectivity index (χ1n) is 11.9. The van der Waals surface area contributed by atoms with Crippen molar-refractivity contribution in [1.82, 2.24) is 0 Å². The van der Waals surface area contributed by atoms with Crippen molar-refractivity contribution in [2.75, 3.05) is 27.8 Å². The van der Waals surface area contributed by atoms with Crippen LogP contribution in [0.15, 0.2) is 48.5 Å². The monoisotopic (exact) mass is 480 g/mol. The number of ether oxygens (including phenoxy) is 6. The lowest BCUT2D eigenvalue weighted by Crippen LogP contribution is -2.41. The van der Waals surface area contributed by atoms with Crippen molar-refractivity contribution in [3.05, 3.63) is 54.1 Å². The molecule has 0 saturated carbocycles. The lowest BCUT2D eigenvalue weighted by atomic mass is 9.90. The van der Waals surface area contributed by atoms with Crippen molar-refractivity contribution < 1.29 is 33.0 Å². The van der Waals surface area contributed by atoms with Gasteiger partial charge in [0.25, 0.3) is 0 Å². The summed E-state index contributed by atoms with van der Waals surface area (Å²) in [6, 6.07) is 16.7. The molecule has 0 aliphatic carbocycles. The Labute approximate surface area is 206 Å². The zero-order chi connectivity index (χ0) is 24.0. The van der Waals surface area contributed by atoms with Crippen LogP contribution in [-0.2, 0) is 13.0 Å². The molecule has 36 heavy (non-hydrogen) atoms. The van der Waals surface area contributed by atoms with Crippen LogP contribution in [0.3, 0.4) is 0 Å². The fourth-order valence-corrected chi connectivity index (χ4v) is 6.07. The van der Waals surface area contributed by atoms with E-state index in [1.807, 2.05) is 12.1 Å². The van der Waals surface area contributed by atoms with Gasteiger partial charge in [0.1, 0.15) is 5.39 Å². The first kappa shape index (κ1) is 19.9. The highest BCUT2D eigenvalue weighted by molar-refractivity contribution is 6.19. The maximum Gasteiger partial charge on any atom is 0.231 e. The van der Waals surface area contributed by atoms with Crippen LogP contribution >= 0.6 is 0 Å². The minimum atomic E-state index is 0.232. The Morgan fingerprint density at radius 3 is 2.42 bits per heavy atom. The Morgan fingerprint density at radius 2 is 1.53 bits per heavy atom. The molecule has 3 aliphatic rings. The van der Waals surface area contributed by atoms with Gasteiger partial charge in [-0.05, 0) is 54.1 Å². The Kier molecular flexibility index (Phi) is 3.90. The summed E-state index contributed by atoms with van der Waals surface area (Å²) in [6.45, 7) is 1.29. The third-order valence-corrected chi connectivity index (χ3v) is 7.55. The highest BCUT2D eigenvalue weighted by atomic mass is 16.7. The highest BCUT2D eigenvalue weighted by Crippen LogP contribution is 2.49. The van der Waals surface area contributed by atoms with Gasteiger partial charge in [-0.1, -0.05) is 0 Å². The zero-order valence-corrected chi connectivity index (χ0v) is 19.8. The molecule has 3 aliphatic heterocycles. The van der Waals surface area contributed by atoms with E-state index in [0.29, 0.717) is 11.5 Å². The number of hydrogen-bond donors (Lipinski definition) is 0. The Morgan fingerprint density at radius 1 is 0.722 bits per heavy atom. The van der Waals surface area contributed by atoms with Crippen LogP contribution in [0.2, 0.25) is 0 Å². The molecular weight excluding hydrogens is 458 g/mol. The van der Waals surface area contributed by atoms with Gasteiger partial charge in [-0.15, -0.1) is 0 Å². The number of aryl methyl sites for hydroxylation is 2. The normalized spacial score (nSPS) is 14.8. The van der Waals surface area contributed by atoms with Crippen LogP contribution in [-0.4, -0.2) is 27.8 Å².